The lowest BCUT2D eigenvalue weighted by Gasteiger charge is -2.24. The second kappa shape index (κ2) is 8.13. The number of nitrogens with zero attached hydrogens (tertiary/aromatic N) is 1. The zero-order valence-electron chi connectivity index (χ0n) is 15.0. The summed E-state index contributed by atoms with van der Waals surface area (Å²) in [5, 5.41) is 6.50. The SMILES string of the molecule is CCC[C@H](NC)C(=O)N[C@H]1CC[C@@H]2CN(Cc3ccccc3)C[C@@H]21. The minimum atomic E-state index is -0.0455. The average Bonchev–Trinajstić information content (AvgIpc) is 3.15. The summed E-state index contributed by atoms with van der Waals surface area (Å²) in [5.41, 5.74) is 1.39. The van der Waals surface area contributed by atoms with Crippen molar-refractivity contribution in [2.24, 2.45) is 11.8 Å². The van der Waals surface area contributed by atoms with Gasteiger partial charge in [-0.15, -0.1) is 0 Å². The molecule has 4 nitrogen and oxygen atoms in total. The molecular formula is C20H31N3O. The molecule has 1 aliphatic heterocycles. The summed E-state index contributed by atoms with van der Waals surface area (Å²) in [5.74, 6) is 1.56. The predicted octanol–water partition coefficient (Wildman–Crippen LogP) is 2.40. The number of hydrogen-bond donors (Lipinski definition) is 2. The fourth-order valence-electron chi connectivity index (χ4n) is 4.49. The van der Waals surface area contributed by atoms with Crippen molar-refractivity contribution in [2.45, 2.75) is 51.2 Å². The number of carbonyl (C=O) groups excluding carboxylic acids is 1. The van der Waals surface area contributed by atoms with Crippen molar-refractivity contribution in [3.05, 3.63) is 35.9 Å². The molecule has 1 aromatic carbocycles. The molecule has 1 saturated heterocycles. The lowest BCUT2D eigenvalue weighted by atomic mass is 9.97. The zero-order valence-corrected chi connectivity index (χ0v) is 15.0. The number of likely N-dealkylation sites (tertiary alicyclic amines) is 1. The Bertz CT molecular complexity index is 533. The molecule has 0 spiro atoms. The number of amides is 1. The molecule has 2 N–H and O–H groups in total. The van der Waals surface area contributed by atoms with Crippen LogP contribution in [0.15, 0.2) is 30.3 Å². The van der Waals surface area contributed by atoms with Gasteiger partial charge in [0.1, 0.15) is 0 Å². The van der Waals surface area contributed by atoms with Crippen molar-refractivity contribution in [2.75, 3.05) is 20.1 Å². The maximum atomic E-state index is 12.5. The molecule has 0 radical (unpaired) electrons. The molecule has 4 heteroatoms. The van der Waals surface area contributed by atoms with Gasteiger partial charge < -0.3 is 10.6 Å². The van der Waals surface area contributed by atoms with Crippen LogP contribution in [0.25, 0.3) is 0 Å². The van der Waals surface area contributed by atoms with E-state index < -0.39 is 0 Å². The fraction of sp³-hybridized carbons (Fsp3) is 0.650. The van der Waals surface area contributed by atoms with Gasteiger partial charge in [0, 0.05) is 25.7 Å². The van der Waals surface area contributed by atoms with Crippen molar-refractivity contribution in [3.63, 3.8) is 0 Å². The number of carbonyl (C=O) groups is 1. The van der Waals surface area contributed by atoms with Crippen LogP contribution in [0.1, 0.15) is 38.2 Å². The average molecular weight is 329 g/mol. The molecule has 1 saturated carbocycles. The Morgan fingerprint density at radius 3 is 2.75 bits per heavy atom. The molecule has 0 unspecified atom stereocenters. The van der Waals surface area contributed by atoms with Crippen molar-refractivity contribution in [3.8, 4) is 0 Å². The van der Waals surface area contributed by atoms with Gasteiger partial charge in [-0.2, -0.15) is 0 Å². The topological polar surface area (TPSA) is 44.4 Å². The maximum absolute atomic E-state index is 12.5. The first-order valence-electron chi connectivity index (χ1n) is 9.45. The summed E-state index contributed by atoms with van der Waals surface area (Å²) < 4.78 is 0. The van der Waals surface area contributed by atoms with E-state index in [-0.39, 0.29) is 11.9 Å². The highest BCUT2D eigenvalue weighted by Gasteiger charge is 2.43. The van der Waals surface area contributed by atoms with Crippen molar-refractivity contribution >= 4 is 5.91 Å². The van der Waals surface area contributed by atoms with Gasteiger partial charge in [-0.25, -0.2) is 0 Å². The highest BCUT2D eigenvalue weighted by molar-refractivity contribution is 5.82. The zero-order chi connectivity index (χ0) is 16.9. The molecule has 4 atom stereocenters. The summed E-state index contributed by atoms with van der Waals surface area (Å²) >= 11 is 0. The predicted molar refractivity (Wildman–Crippen MR) is 97.6 cm³/mol. The summed E-state index contributed by atoms with van der Waals surface area (Å²) in [6.07, 6.45) is 4.32. The minimum absolute atomic E-state index is 0.0455. The van der Waals surface area contributed by atoms with Crippen LogP contribution in [0.4, 0.5) is 0 Å². The summed E-state index contributed by atoms with van der Waals surface area (Å²) in [6.45, 7) is 5.45. The van der Waals surface area contributed by atoms with Crippen LogP contribution >= 0.6 is 0 Å². The Labute approximate surface area is 146 Å². The molecule has 3 rings (SSSR count). The van der Waals surface area contributed by atoms with Crippen molar-refractivity contribution < 1.29 is 4.79 Å². The van der Waals surface area contributed by atoms with Gasteiger partial charge in [0.25, 0.3) is 0 Å². The summed E-state index contributed by atoms with van der Waals surface area (Å²) in [6, 6.07) is 11.0. The number of fused-ring (bicyclic) bond motifs is 1. The molecule has 24 heavy (non-hydrogen) atoms. The molecule has 1 heterocycles. The van der Waals surface area contributed by atoms with Crippen molar-refractivity contribution in [1.82, 2.24) is 15.5 Å². The van der Waals surface area contributed by atoms with Gasteiger partial charge in [-0.1, -0.05) is 43.7 Å². The van der Waals surface area contributed by atoms with E-state index in [1.165, 1.54) is 18.5 Å². The molecule has 1 amide bonds. The van der Waals surface area contributed by atoms with Gasteiger partial charge in [0.05, 0.1) is 6.04 Å². The van der Waals surface area contributed by atoms with Crippen molar-refractivity contribution in [1.29, 1.82) is 0 Å². The van der Waals surface area contributed by atoms with Gasteiger partial charge in [0.2, 0.25) is 5.91 Å². The summed E-state index contributed by atoms with van der Waals surface area (Å²) in [4.78, 5) is 15.1. The van der Waals surface area contributed by atoms with E-state index in [2.05, 4.69) is 52.8 Å². The highest BCUT2D eigenvalue weighted by atomic mass is 16.2. The van der Waals surface area contributed by atoms with E-state index in [0.717, 1.165) is 38.3 Å². The van der Waals surface area contributed by atoms with E-state index in [4.69, 9.17) is 0 Å². The Morgan fingerprint density at radius 2 is 2.04 bits per heavy atom. The molecule has 2 fully saturated rings. The minimum Gasteiger partial charge on any atom is -0.352 e. The number of hydrogen-bond acceptors (Lipinski definition) is 3. The Morgan fingerprint density at radius 1 is 1.25 bits per heavy atom. The van der Waals surface area contributed by atoms with Gasteiger partial charge >= 0.3 is 0 Å². The standard InChI is InChI=1S/C20H31N3O/c1-3-7-19(21-2)20(24)22-18-11-10-16-13-23(14-17(16)18)12-15-8-5-4-6-9-15/h4-6,8-9,16-19,21H,3,7,10-14H2,1-2H3,(H,22,24)/t16-,17+,18+,19+/m1/s1. The molecule has 1 aromatic rings. The summed E-state index contributed by atoms with van der Waals surface area (Å²) in [7, 11) is 1.88. The Kier molecular flexibility index (Phi) is 5.90. The van der Waals surface area contributed by atoms with Gasteiger partial charge in [-0.3, -0.25) is 9.69 Å². The number of rotatable bonds is 7. The third kappa shape index (κ3) is 3.98. The third-order valence-corrected chi connectivity index (χ3v) is 5.75. The lowest BCUT2D eigenvalue weighted by molar-refractivity contribution is -0.124. The highest BCUT2D eigenvalue weighted by Crippen LogP contribution is 2.38. The maximum Gasteiger partial charge on any atom is 0.237 e. The fourth-order valence-corrected chi connectivity index (χ4v) is 4.49. The van der Waals surface area contributed by atoms with Gasteiger partial charge in [0.15, 0.2) is 0 Å². The first-order valence-corrected chi connectivity index (χ1v) is 9.45. The van der Waals surface area contributed by atoms with Crippen LogP contribution in [0.3, 0.4) is 0 Å². The van der Waals surface area contributed by atoms with Gasteiger partial charge in [-0.05, 0) is 43.7 Å². The number of benzene rings is 1. The molecule has 2 aliphatic rings. The smallest absolute Gasteiger partial charge is 0.237 e. The molecule has 1 aliphatic carbocycles. The third-order valence-electron chi connectivity index (χ3n) is 5.75. The molecule has 0 aromatic heterocycles. The van der Waals surface area contributed by atoms with Crippen LogP contribution in [0.5, 0.6) is 0 Å². The van der Waals surface area contributed by atoms with E-state index in [1.54, 1.807) is 0 Å². The Balaban J connectivity index is 1.54. The number of nitrogens with one attached hydrogen (secondary N) is 2. The molecular weight excluding hydrogens is 298 g/mol. The first-order chi connectivity index (χ1) is 11.7. The van der Waals surface area contributed by atoms with Crippen LogP contribution in [-0.2, 0) is 11.3 Å². The molecule has 132 valence electrons. The monoisotopic (exact) mass is 329 g/mol. The van der Waals surface area contributed by atoms with E-state index in [9.17, 15) is 4.79 Å². The normalized spacial score (nSPS) is 27.8. The van der Waals surface area contributed by atoms with E-state index in [0.29, 0.717) is 12.0 Å². The van der Waals surface area contributed by atoms with E-state index in [1.807, 2.05) is 7.05 Å². The van der Waals surface area contributed by atoms with Crippen LogP contribution in [0.2, 0.25) is 0 Å². The number of likely N-dealkylation sites (N-methyl/N-ethyl adjacent to an activating group) is 1. The largest absolute Gasteiger partial charge is 0.352 e. The Hall–Kier alpha value is -1.39. The second-order valence-electron chi connectivity index (χ2n) is 7.43. The first kappa shape index (κ1) is 17.4. The van der Waals surface area contributed by atoms with E-state index >= 15 is 0 Å². The van der Waals surface area contributed by atoms with Crippen LogP contribution in [0, 0.1) is 11.8 Å². The molecule has 0 bridgehead atoms. The quantitative estimate of drug-likeness (QED) is 0.807. The lowest BCUT2D eigenvalue weighted by Crippen LogP contribution is -2.48. The van der Waals surface area contributed by atoms with Crippen LogP contribution < -0.4 is 10.6 Å². The van der Waals surface area contributed by atoms with Crippen LogP contribution in [-0.4, -0.2) is 43.0 Å². The second-order valence-corrected chi connectivity index (χ2v) is 7.43.